The first-order chi connectivity index (χ1) is 16.1. The third-order valence-corrected chi connectivity index (χ3v) is 5.22. The number of nitrogens with one attached hydrogen (secondary N) is 1. The van der Waals surface area contributed by atoms with Crippen LogP contribution >= 0.6 is 0 Å². The predicted molar refractivity (Wildman–Crippen MR) is 133 cm³/mol. The van der Waals surface area contributed by atoms with Crippen molar-refractivity contribution < 1.29 is 19.0 Å². The van der Waals surface area contributed by atoms with Gasteiger partial charge in [-0.3, -0.25) is 4.79 Å². The van der Waals surface area contributed by atoms with Crippen LogP contribution in [0.25, 0.3) is 10.9 Å². The number of methoxy groups -OCH3 is 1. The molecule has 0 saturated carbocycles. The molecule has 0 saturated heterocycles. The zero-order chi connectivity index (χ0) is 23.6. The summed E-state index contributed by atoms with van der Waals surface area (Å²) in [7, 11) is 1.40. The van der Waals surface area contributed by atoms with E-state index in [-0.39, 0.29) is 12.4 Å². The Bertz CT molecular complexity index is 1160. The quantitative estimate of drug-likeness (QED) is 0.208. The maximum absolute atomic E-state index is 11.5. The van der Waals surface area contributed by atoms with Crippen LogP contribution in [-0.4, -0.2) is 24.7 Å². The Labute approximate surface area is 195 Å². The van der Waals surface area contributed by atoms with Crippen LogP contribution < -0.4 is 9.47 Å². The lowest BCUT2D eigenvalue weighted by molar-refractivity contribution is -0.139. The Hall–Kier alpha value is -3.73. The molecule has 0 aliphatic heterocycles. The molecular weight excluding hydrogens is 414 g/mol. The summed E-state index contributed by atoms with van der Waals surface area (Å²) in [6.45, 7) is 10.2. The average molecular weight is 446 g/mol. The summed E-state index contributed by atoms with van der Waals surface area (Å²) >= 11 is 0. The second kappa shape index (κ2) is 11.8. The maximum Gasteiger partial charge on any atom is 0.309 e. The van der Waals surface area contributed by atoms with Gasteiger partial charge in [0.15, 0.2) is 0 Å². The second-order valence-corrected chi connectivity index (χ2v) is 7.70. The van der Waals surface area contributed by atoms with Crippen molar-refractivity contribution in [3.63, 3.8) is 0 Å². The topological polar surface area (TPSA) is 60.6 Å². The number of carbonyl (C=O) groups is 1. The molecule has 0 fully saturated rings. The molecule has 1 aromatic heterocycles. The summed E-state index contributed by atoms with van der Waals surface area (Å²) in [5.74, 6) is 2.02. The Morgan fingerprint density at radius 3 is 2.67 bits per heavy atom. The molecule has 33 heavy (non-hydrogen) atoms. The predicted octanol–water partition coefficient (Wildman–Crippen LogP) is 6.09. The highest BCUT2D eigenvalue weighted by Crippen LogP contribution is 2.27. The number of H-pyrrole nitrogens is 1. The van der Waals surface area contributed by atoms with Gasteiger partial charge >= 0.3 is 5.97 Å². The van der Waals surface area contributed by atoms with Gasteiger partial charge in [-0.2, -0.15) is 0 Å². The van der Waals surface area contributed by atoms with Crippen LogP contribution in [0.4, 0.5) is 0 Å². The van der Waals surface area contributed by atoms with E-state index in [1.807, 2.05) is 36.4 Å². The van der Waals surface area contributed by atoms with Crippen molar-refractivity contribution >= 4 is 16.9 Å². The van der Waals surface area contributed by atoms with Gasteiger partial charge in [-0.25, -0.2) is 0 Å². The van der Waals surface area contributed by atoms with Gasteiger partial charge in [0, 0.05) is 17.6 Å². The molecule has 0 amide bonds. The summed E-state index contributed by atoms with van der Waals surface area (Å²) in [6.07, 6.45) is 8.02. The van der Waals surface area contributed by atoms with Crippen LogP contribution in [0.3, 0.4) is 0 Å². The minimum absolute atomic E-state index is 0.241. The van der Waals surface area contributed by atoms with E-state index in [0.717, 1.165) is 58.5 Å². The van der Waals surface area contributed by atoms with Crippen molar-refractivity contribution in [1.29, 1.82) is 0 Å². The molecule has 0 aliphatic rings. The molecule has 3 rings (SSSR count). The Kier molecular flexibility index (Phi) is 8.53. The zero-order valence-corrected chi connectivity index (χ0v) is 19.4. The van der Waals surface area contributed by atoms with E-state index in [0.29, 0.717) is 12.4 Å². The number of fused-ring (bicyclic) bond motifs is 1. The average Bonchev–Trinajstić information content (AvgIpc) is 3.22. The number of hydrogen-bond acceptors (Lipinski definition) is 4. The van der Waals surface area contributed by atoms with Crippen LogP contribution in [-0.2, 0) is 28.8 Å². The number of carbonyl (C=O) groups excluding carboxylic acids is 1. The first-order valence-corrected chi connectivity index (χ1v) is 11.1. The number of esters is 1. The molecule has 0 radical (unpaired) electrons. The molecule has 2 aromatic carbocycles. The van der Waals surface area contributed by atoms with Gasteiger partial charge in [-0.05, 0) is 71.5 Å². The molecule has 0 bridgehead atoms. The number of ether oxygens (including phenoxy) is 3. The monoisotopic (exact) mass is 445 g/mol. The number of aryl methyl sites for hydroxylation is 1. The molecule has 1 heterocycles. The molecule has 0 unspecified atom stereocenters. The number of aromatic nitrogens is 1. The van der Waals surface area contributed by atoms with Crippen molar-refractivity contribution in [1.82, 2.24) is 4.98 Å². The molecule has 0 atom stereocenters. The van der Waals surface area contributed by atoms with Crippen LogP contribution in [0.15, 0.2) is 79.6 Å². The molecule has 172 valence electrons. The number of rotatable bonds is 12. The molecule has 0 aliphatic carbocycles. The van der Waals surface area contributed by atoms with Crippen molar-refractivity contribution in [3.8, 4) is 11.5 Å². The van der Waals surface area contributed by atoms with E-state index >= 15 is 0 Å². The van der Waals surface area contributed by atoms with Crippen molar-refractivity contribution in [3.05, 3.63) is 96.4 Å². The molecule has 5 heteroatoms. The maximum atomic E-state index is 11.5. The Balaban J connectivity index is 1.65. The van der Waals surface area contributed by atoms with Gasteiger partial charge in [-0.15, -0.1) is 0 Å². The fraction of sp³-hybridized carbons (Fsp3) is 0.250. The Morgan fingerprint density at radius 1 is 1.09 bits per heavy atom. The summed E-state index contributed by atoms with van der Waals surface area (Å²) in [5.41, 5.74) is 4.17. The van der Waals surface area contributed by atoms with Gasteiger partial charge in [0.1, 0.15) is 17.3 Å². The minimum Gasteiger partial charge on any atom is -0.493 e. The van der Waals surface area contributed by atoms with E-state index in [1.54, 1.807) is 18.2 Å². The zero-order valence-electron chi connectivity index (χ0n) is 19.4. The van der Waals surface area contributed by atoms with Gasteiger partial charge in [0.2, 0.25) is 0 Å². The van der Waals surface area contributed by atoms with E-state index in [9.17, 15) is 4.79 Å². The van der Waals surface area contributed by atoms with Gasteiger partial charge < -0.3 is 19.2 Å². The van der Waals surface area contributed by atoms with Gasteiger partial charge in [0.05, 0.1) is 20.1 Å². The first-order valence-electron chi connectivity index (χ1n) is 11.1. The largest absolute Gasteiger partial charge is 0.493 e. The summed E-state index contributed by atoms with van der Waals surface area (Å²) in [4.78, 5) is 15.0. The molecule has 0 spiro atoms. The highest BCUT2D eigenvalue weighted by Gasteiger charge is 2.09. The fourth-order valence-corrected chi connectivity index (χ4v) is 3.62. The number of aromatic amines is 1. The molecular formula is C28H31NO4. The lowest BCUT2D eigenvalue weighted by atomic mass is 10.1. The van der Waals surface area contributed by atoms with E-state index in [1.165, 1.54) is 7.11 Å². The van der Waals surface area contributed by atoms with Crippen LogP contribution in [0.5, 0.6) is 11.5 Å². The highest BCUT2D eigenvalue weighted by molar-refractivity contribution is 5.82. The van der Waals surface area contributed by atoms with Crippen molar-refractivity contribution in [2.45, 2.75) is 32.6 Å². The van der Waals surface area contributed by atoms with E-state index < -0.39 is 0 Å². The van der Waals surface area contributed by atoms with Gasteiger partial charge in [0.25, 0.3) is 0 Å². The van der Waals surface area contributed by atoms with E-state index in [2.05, 4.69) is 31.1 Å². The van der Waals surface area contributed by atoms with Crippen molar-refractivity contribution in [2.24, 2.45) is 0 Å². The smallest absolute Gasteiger partial charge is 0.309 e. The lowest BCUT2D eigenvalue weighted by Gasteiger charge is -2.13. The molecule has 1 N–H and O–H groups in total. The summed E-state index contributed by atoms with van der Waals surface area (Å²) < 4.78 is 16.8. The van der Waals surface area contributed by atoms with Gasteiger partial charge in [-0.1, -0.05) is 38.6 Å². The van der Waals surface area contributed by atoms with Crippen LogP contribution in [0, 0.1) is 0 Å². The normalized spacial score (nSPS) is 11.3. The summed E-state index contributed by atoms with van der Waals surface area (Å²) in [6, 6.07) is 13.9. The minimum atomic E-state index is -0.241. The SMILES string of the molecule is C=C/C=C(\C=C)Oc1ccc(OCCc2cc3cc(CC(=O)OC)ccc3[nH]2)c(CCC)c1. The number of hydrogen-bond donors (Lipinski definition) is 1. The fourth-order valence-electron chi connectivity index (χ4n) is 3.62. The van der Waals surface area contributed by atoms with E-state index in [4.69, 9.17) is 14.2 Å². The Morgan fingerprint density at radius 2 is 1.94 bits per heavy atom. The lowest BCUT2D eigenvalue weighted by Crippen LogP contribution is -2.04. The number of benzene rings is 2. The second-order valence-electron chi connectivity index (χ2n) is 7.70. The standard InChI is InChI=1S/C28H31NO4/c1-5-8-21-19-25(33-24(7-3)9-6-2)11-13-27(21)32-15-14-23-18-22-16-20(17-28(30)31-4)10-12-26(22)29-23/h6-7,9-13,16,18-19,29H,2-3,5,8,14-15,17H2,1,4H3/b24-9+. The van der Waals surface area contributed by atoms with Crippen LogP contribution in [0.2, 0.25) is 0 Å². The summed E-state index contributed by atoms with van der Waals surface area (Å²) in [5, 5.41) is 1.07. The molecule has 3 aromatic rings. The first kappa shape index (κ1) is 23.9. The van der Waals surface area contributed by atoms with Crippen LogP contribution in [0.1, 0.15) is 30.2 Å². The molecule has 5 nitrogen and oxygen atoms in total. The third-order valence-electron chi connectivity index (χ3n) is 5.22. The van der Waals surface area contributed by atoms with Crippen molar-refractivity contribution in [2.75, 3.05) is 13.7 Å². The third kappa shape index (κ3) is 6.62. The highest BCUT2D eigenvalue weighted by atomic mass is 16.5. The number of allylic oxidation sites excluding steroid dienone is 3.